The first-order chi connectivity index (χ1) is 3.79. The summed E-state index contributed by atoms with van der Waals surface area (Å²) >= 11 is 5.59. The van der Waals surface area contributed by atoms with Gasteiger partial charge < -0.3 is 5.32 Å². The van der Waals surface area contributed by atoms with E-state index in [9.17, 15) is 0 Å². The second-order valence-corrected chi connectivity index (χ2v) is 2.09. The number of hydrogen-bond donors (Lipinski definition) is 1. The van der Waals surface area contributed by atoms with Gasteiger partial charge in [-0.25, -0.2) is 0 Å². The summed E-state index contributed by atoms with van der Waals surface area (Å²) in [5, 5.41) is 2.94. The van der Waals surface area contributed by atoms with Crippen LogP contribution < -0.4 is 5.32 Å². The first-order valence-electron chi connectivity index (χ1n) is 2.43. The van der Waals surface area contributed by atoms with Gasteiger partial charge in [0.2, 0.25) is 0 Å². The molecule has 0 aromatic heterocycles. The van der Waals surface area contributed by atoms with Crippen molar-refractivity contribution in [3.8, 4) is 0 Å². The van der Waals surface area contributed by atoms with Crippen molar-refractivity contribution in [3.05, 3.63) is 29.4 Å². The number of halogens is 1. The van der Waals surface area contributed by atoms with Gasteiger partial charge in [-0.15, -0.1) is 0 Å². The standard InChI is InChI=1S/C6H7ClN/c1-5-3-2-4-6(7)8-5/h2-4,8H,1H3. The maximum absolute atomic E-state index is 5.59. The molecule has 1 heterocycles. The molecule has 0 aromatic rings. The van der Waals surface area contributed by atoms with Crippen LogP contribution in [-0.2, 0) is 0 Å². The maximum atomic E-state index is 5.59. The van der Waals surface area contributed by atoms with Crippen LogP contribution in [0.4, 0.5) is 0 Å². The minimum atomic E-state index is 0.685. The highest BCUT2D eigenvalue weighted by Crippen LogP contribution is 2.10. The van der Waals surface area contributed by atoms with Crippen LogP contribution in [0.25, 0.3) is 0 Å². The van der Waals surface area contributed by atoms with E-state index in [1.54, 1.807) is 0 Å². The summed E-state index contributed by atoms with van der Waals surface area (Å²) in [5.41, 5.74) is 1.77. The van der Waals surface area contributed by atoms with Gasteiger partial charge in [0.1, 0.15) is 0 Å². The van der Waals surface area contributed by atoms with E-state index in [0.717, 1.165) is 5.70 Å². The van der Waals surface area contributed by atoms with Gasteiger partial charge >= 0.3 is 0 Å². The summed E-state index contributed by atoms with van der Waals surface area (Å²) in [4.78, 5) is 0. The van der Waals surface area contributed by atoms with Crippen molar-refractivity contribution >= 4 is 11.6 Å². The first kappa shape index (κ1) is 5.70. The van der Waals surface area contributed by atoms with Crippen molar-refractivity contribution < 1.29 is 0 Å². The minimum Gasteiger partial charge on any atom is -0.364 e. The largest absolute Gasteiger partial charge is 0.364 e. The van der Waals surface area contributed by atoms with Crippen molar-refractivity contribution in [2.45, 2.75) is 6.92 Å². The van der Waals surface area contributed by atoms with Gasteiger partial charge in [0, 0.05) is 5.70 Å². The van der Waals surface area contributed by atoms with Crippen LogP contribution in [0.5, 0.6) is 0 Å². The summed E-state index contributed by atoms with van der Waals surface area (Å²) in [6, 6.07) is 0. The zero-order valence-electron chi connectivity index (χ0n) is 4.61. The van der Waals surface area contributed by atoms with E-state index in [2.05, 4.69) is 5.32 Å². The zero-order valence-corrected chi connectivity index (χ0v) is 5.37. The lowest BCUT2D eigenvalue weighted by molar-refractivity contribution is 0.951. The minimum absolute atomic E-state index is 0.685. The molecule has 43 valence electrons. The second kappa shape index (κ2) is 2.23. The summed E-state index contributed by atoms with van der Waals surface area (Å²) < 4.78 is 0. The van der Waals surface area contributed by atoms with E-state index in [0.29, 0.717) is 5.50 Å². The first-order valence-corrected chi connectivity index (χ1v) is 2.81. The van der Waals surface area contributed by atoms with Gasteiger partial charge in [0.05, 0.1) is 0 Å². The second-order valence-electron chi connectivity index (χ2n) is 1.68. The highest BCUT2D eigenvalue weighted by molar-refractivity contribution is 6.28. The molecule has 0 saturated carbocycles. The van der Waals surface area contributed by atoms with Crippen LogP contribution in [0.1, 0.15) is 6.92 Å². The average molecular weight is 129 g/mol. The molecular weight excluding hydrogens is 122 g/mol. The molecule has 0 spiro atoms. The predicted molar refractivity (Wildman–Crippen MR) is 35.1 cm³/mol. The lowest BCUT2D eigenvalue weighted by Crippen LogP contribution is -2.13. The Labute approximate surface area is 54.0 Å². The third-order valence-electron chi connectivity index (χ3n) is 0.905. The van der Waals surface area contributed by atoms with E-state index >= 15 is 0 Å². The van der Waals surface area contributed by atoms with E-state index in [4.69, 9.17) is 11.6 Å². The molecule has 1 aliphatic heterocycles. The summed E-state index contributed by atoms with van der Waals surface area (Å²) in [6.07, 6.45) is 5.69. The quantitative estimate of drug-likeness (QED) is 0.491. The van der Waals surface area contributed by atoms with Crippen LogP contribution >= 0.6 is 11.6 Å². The maximum Gasteiger partial charge on any atom is 0.172 e. The normalized spacial score (nSPS) is 20.0. The molecule has 0 atom stereocenters. The Balaban J connectivity index is 2.59. The number of dihydropyridines is 1. The molecule has 0 bridgehead atoms. The number of rotatable bonds is 0. The molecule has 2 heteroatoms. The van der Waals surface area contributed by atoms with Gasteiger partial charge in [0.15, 0.2) is 5.50 Å². The Morgan fingerprint density at radius 3 is 2.75 bits per heavy atom. The van der Waals surface area contributed by atoms with E-state index in [-0.39, 0.29) is 0 Å². The van der Waals surface area contributed by atoms with Gasteiger partial charge in [-0.05, 0) is 19.1 Å². The summed E-state index contributed by atoms with van der Waals surface area (Å²) in [5.74, 6) is 0. The van der Waals surface area contributed by atoms with Crippen LogP contribution in [0.2, 0.25) is 0 Å². The Kier molecular flexibility index (Phi) is 1.59. The Morgan fingerprint density at radius 2 is 2.38 bits per heavy atom. The van der Waals surface area contributed by atoms with Crippen LogP contribution in [-0.4, -0.2) is 0 Å². The molecule has 8 heavy (non-hydrogen) atoms. The molecule has 1 radical (unpaired) electrons. The smallest absolute Gasteiger partial charge is 0.172 e. The highest BCUT2D eigenvalue weighted by Gasteiger charge is 2.01. The van der Waals surface area contributed by atoms with E-state index in [1.807, 2.05) is 25.2 Å². The zero-order chi connectivity index (χ0) is 5.98. The molecule has 0 amide bonds. The lowest BCUT2D eigenvalue weighted by atomic mass is 10.3. The Bertz CT molecular complexity index is 137. The summed E-state index contributed by atoms with van der Waals surface area (Å²) in [6.45, 7) is 1.96. The average Bonchev–Trinajstić information content (AvgIpc) is 1.64. The summed E-state index contributed by atoms with van der Waals surface area (Å²) in [7, 11) is 0. The molecule has 1 rings (SSSR count). The van der Waals surface area contributed by atoms with E-state index < -0.39 is 0 Å². The van der Waals surface area contributed by atoms with Gasteiger partial charge in [-0.1, -0.05) is 17.7 Å². The van der Waals surface area contributed by atoms with Crippen molar-refractivity contribution in [1.29, 1.82) is 0 Å². The van der Waals surface area contributed by atoms with Crippen molar-refractivity contribution in [3.63, 3.8) is 0 Å². The van der Waals surface area contributed by atoms with E-state index in [1.165, 1.54) is 0 Å². The van der Waals surface area contributed by atoms with Crippen molar-refractivity contribution in [2.24, 2.45) is 0 Å². The fourth-order valence-electron chi connectivity index (χ4n) is 0.549. The van der Waals surface area contributed by atoms with Gasteiger partial charge in [-0.2, -0.15) is 0 Å². The lowest BCUT2D eigenvalue weighted by Gasteiger charge is -2.10. The van der Waals surface area contributed by atoms with Crippen LogP contribution in [0.15, 0.2) is 23.9 Å². The molecule has 1 nitrogen and oxygen atoms in total. The fourth-order valence-corrected chi connectivity index (χ4v) is 0.770. The van der Waals surface area contributed by atoms with Crippen molar-refractivity contribution in [1.82, 2.24) is 5.32 Å². The van der Waals surface area contributed by atoms with Gasteiger partial charge in [0.25, 0.3) is 0 Å². The van der Waals surface area contributed by atoms with Crippen molar-refractivity contribution in [2.75, 3.05) is 0 Å². The molecular formula is C6H7ClN. The van der Waals surface area contributed by atoms with Crippen LogP contribution in [0.3, 0.4) is 0 Å². The third kappa shape index (κ3) is 1.27. The number of nitrogens with one attached hydrogen (secondary N) is 1. The Hall–Kier alpha value is -0.430. The molecule has 0 aliphatic carbocycles. The van der Waals surface area contributed by atoms with Crippen LogP contribution in [0, 0.1) is 5.50 Å². The number of hydrogen-bond acceptors (Lipinski definition) is 1. The highest BCUT2D eigenvalue weighted by atomic mass is 35.5. The fraction of sp³-hybridized carbons (Fsp3) is 0.167. The monoisotopic (exact) mass is 128 g/mol. The topological polar surface area (TPSA) is 12.0 Å². The Morgan fingerprint density at radius 1 is 1.62 bits per heavy atom. The molecule has 0 saturated heterocycles. The number of allylic oxidation sites excluding steroid dienone is 3. The molecule has 1 aliphatic rings. The molecule has 0 unspecified atom stereocenters. The predicted octanol–water partition coefficient (Wildman–Crippen LogP) is 1.78. The molecule has 0 aromatic carbocycles. The SMILES string of the molecule is CC1=CC=C[C](Cl)N1. The van der Waals surface area contributed by atoms with Gasteiger partial charge in [-0.3, -0.25) is 0 Å². The third-order valence-corrected chi connectivity index (χ3v) is 1.13. The molecule has 0 fully saturated rings. The molecule has 1 N–H and O–H groups in total.